The van der Waals surface area contributed by atoms with Crippen molar-refractivity contribution in [2.24, 2.45) is 0 Å². The molecule has 0 aliphatic carbocycles. The molecule has 0 bridgehead atoms. The van der Waals surface area contributed by atoms with E-state index in [9.17, 15) is 0 Å². The number of rotatable bonds is 2. The zero-order chi connectivity index (χ0) is 19.5. The minimum Gasteiger partial charge on any atom is -0.396 e. The zero-order valence-corrected chi connectivity index (χ0v) is 18.8. The van der Waals surface area contributed by atoms with Crippen LogP contribution in [0.25, 0.3) is 0 Å². The monoisotopic (exact) mass is 437 g/mol. The maximum atomic E-state index is 8.07. The summed E-state index contributed by atoms with van der Waals surface area (Å²) < 4.78 is 0. The van der Waals surface area contributed by atoms with Crippen molar-refractivity contribution >= 4 is 0 Å². The van der Waals surface area contributed by atoms with Gasteiger partial charge in [-0.3, -0.25) is 0 Å². The van der Waals surface area contributed by atoms with Gasteiger partial charge in [0.25, 0.3) is 0 Å². The molecule has 2 heteroatoms. The molecule has 0 fully saturated rings. The second kappa shape index (κ2) is 20.4. The summed E-state index contributed by atoms with van der Waals surface area (Å²) in [7, 11) is 0. The zero-order valence-electron chi connectivity index (χ0n) is 16.4. The molecule has 1 radical (unpaired) electrons. The van der Waals surface area contributed by atoms with Crippen LogP contribution in [0.4, 0.5) is 0 Å². The largest absolute Gasteiger partial charge is 3.00 e. The fourth-order valence-corrected chi connectivity index (χ4v) is 1.59. The summed E-state index contributed by atoms with van der Waals surface area (Å²) >= 11 is 0. The SMILES string of the molecule is CCCCO.[CH2-]c1ccccc1.[CH2-]c1ccccc1.[CH2-]c1ccccc1.[Zr+3]. The van der Waals surface area contributed by atoms with Crippen molar-refractivity contribution in [1.82, 2.24) is 0 Å². The Balaban J connectivity index is 0. The van der Waals surface area contributed by atoms with E-state index in [-0.39, 0.29) is 26.2 Å². The molecule has 3 rings (SSSR count). The van der Waals surface area contributed by atoms with Crippen LogP contribution in [0.15, 0.2) is 91.0 Å². The molecule has 1 N–H and O–H groups in total. The molecule has 0 amide bonds. The number of hydrogen-bond donors (Lipinski definition) is 1. The van der Waals surface area contributed by atoms with Crippen LogP contribution in [-0.2, 0) is 26.2 Å². The third-order valence-corrected chi connectivity index (χ3v) is 3.04. The van der Waals surface area contributed by atoms with Gasteiger partial charge in [0.2, 0.25) is 0 Å². The molecule has 0 atom stereocenters. The minimum atomic E-state index is 0. The average Bonchev–Trinajstić information content (AvgIpc) is 2.66. The second-order valence-electron chi connectivity index (χ2n) is 5.53. The van der Waals surface area contributed by atoms with E-state index in [4.69, 9.17) is 5.11 Å². The van der Waals surface area contributed by atoms with Gasteiger partial charge >= 0.3 is 26.2 Å². The van der Waals surface area contributed by atoms with Gasteiger partial charge in [-0.15, -0.1) is 36.4 Å². The number of unbranched alkanes of at least 4 members (excludes halogenated alkanes) is 1. The maximum Gasteiger partial charge on any atom is 3.00 e. The Hall–Kier alpha value is -1.89. The molecule has 0 saturated carbocycles. The summed E-state index contributed by atoms with van der Waals surface area (Å²) in [5.41, 5.74) is 3.22. The van der Waals surface area contributed by atoms with Crippen LogP contribution >= 0.6 is 0 Å². The fraction of sp³-hybridized carbons (Fsp3) is 0.160. The Morgan fingerprint density at radius 2 is 0.852 bits per heavy atom. The van der Waals surface area contributed by atoms with Crippen molar-refractivity contribution in [2.75, 3.05) is 6.61 Å². The smallest absolute Gasteiger partial charge is 0.396 e. The van der Waals surface area contributed by atoms with Gasteiger partial charge in [-0.05, 0) is 6.42 Å². The van der Waals surface area contributed by atoms with Gasteiger partial charge in [0, 0.05) is 6.61 Å². The molecule has 0 aliphatic heterocycles. The van der Waals surface area contributed by atoms with E-state index in [0.29, 0.717) is 6.61 Å². The predicted octanol–water partition coefficient (Wildman–Crippen LogP) is 6.38. The molecule has 3 aromatic carbocycles. The van der Waals surface area contributed by atoms with Crippen LogP contribution < -0.4 is 0 Å². The van der Waals surface area contributed by atoms with E-state index in [1.807, 2.05) is 91.0 Å². The summed E-state index contributed by atoms with van der Waals surface area (Å²) in [4.78, 5) is 0. The molecule has 0 heterocycles. The van der Waals surface area contributed by atoms with E-state index in [1.165, 1.54) is 0 Å². The number of aliphatic hydroxyl groups excluding tert-OH is 1. The summed E-state index contributed by atoms with van der Waals surface area (Å²) in [5.74, 6) is 0. The fourth-order valence-electron chi connectivity index (χ4n) is 1.59. The third-order valence-electron chi connectivity index (χ3n) is 3.04. The molecular formula is C25H31OZr. The van der Waals surface area contributed by atoms with Crippen LogP contribution in [0.1, 0.15) is 36.5 Å². The maximum absolute atomic E-state index is 8.07. The van der Waals surface area contributed by atoms with Crippen molar-refractivity contribution in [3.05, 3.63) is 128 Å². The Labute approximate surface area is 185 Å². The Morgan fingerprint density at radius 3 is 0.926 bits per heavy atom. The minimum absolute atomic E-state index is 0. The van der Waals surface area contributed by atoms with Gasteiger partial charge in [-0.25, -0.2) is 0 Å². The second-order valence-corrected chi connectivity index (χ2v) is 5.53. The molecule has 0 saturated heterocycles. The van der Waals surface area contributed by atoms with Crippen molar-refractivity contribution in [3.8, 4) is 0 Å². The van der Waals surface area contributed by atoms with E-state index in [0.717, 1.165) is 29.5 Å². The quantitative estimate of drug-likeness (QED) is 0.460. The van der Waals surface area contributed by atoms with Crippen LogP contribution in [0.2, 0.25) is 0 Å². The first kappa shape index (κ1) is 27.3. The predicted molar refractivity (Wildman–Crippen MR) is 115 cm³/mol. The van der Waals surface area contributed by atoms with E-state index in [1.54, 1.807) is 0 Å². The normalized spacial score (nSPS) is 8.22. The first-order chi connectivity index (χ1) is 12.6. The van der Waals surface area contributed by atoms with Crippen LogP contribution in [0, 0.1) is 20.8 Å². The number of hydrogen-bond acceptors (Lipinski definition) is 1. The van der Waals surface area contributed by atoms with Crippen LogP contribution in [0.5, 0.6) is 0 Å². The summed E-state index contributed by atoms with van der Waals surface area (Å²) in [6, 6.07) is 29.6. The number of aliphatic hydroxyl groups is 1. The van der Waals surface area contributed by atoms with Gasteiger partial charge in [0.1, 0.15) is 0 Å². The molecular weight excluding hydrogens is 407 g/mol. The Kier molecular flexibility index (Phi) is 20.7. The van der Waals surface area contributed by atoms with Gasteiger partial charge < -0.3 is 5.11 Å². The van der Waals surface area contributed by atoms with Crippen LogP contribution in [0.3, 0.4) is 0 Å². The van der Waals surface area contributed by atoms with E-state index < -0.39 is 0 Å². The average molecular weight is 439 g/mol. The molecule has 141 valence electrons. The summed E-state index contributed by atoms with van der Waals surface area (Å²) in [6.07, 6.45) is 2.04. The van der Waals surface area contributed by atoms with E-state index in [2.05, 4.69) is 27.7 Å². The molecule has 1 nitrogen and oxygen atoms in total. The molecule has 0 aliphatic rings. The van der Waals surface area contributed by atoms with Gasteiger partial charge in [-0.2, -0.15) is 73.9 Å². The van der Waals surface area contributed by atoms with Gasteiger partial charge in [0.05, 0.1) is 0 Å². The molecule has 0 unspecified atom stereocenters. The summed E-state index contributed by atoms with van der Waals surface area (Å²) in [6.45, 7) is 13.6. The Bertz CT molecular complexity index is 533. The van der Waals surface area contributed by atoms with Crippen LogP contribution in [-0.4, -0.2) is 11.7 Å². The molecule has 0 spiro atoms. The molecule has 3 aromatic rings. The van der Waals surface area contributed by atoms with Crippen molar-refractivity contribution < 1.29 is 31.3 Å². The number of benzene rings is 3. The molecule has 27 heavy (non-hydrogen) atoms. The van der Waals surface area contributed by atoms with Crippen molar-refractivity contribution in [1.29, 1.82) is 0 Å². The van der Waals surface area contributed by atoms with Crippen molar-refractivity contribution in [3.63, 3.8) is 0 Å². The van der Waals surface area contributed by atoms with Gasteiger partial charge in [-0.1, -0.05) is 31.5 Å². The summed E-state index contributed by atoms with van der Waals surface area (Å²) in [5, 5.41) is 8.07. The molecule has 0 aromatic heterocycles. The standard InChI is InChI=1S/3C7H7.C4H10O.Zr/c3*1-7-5-3-2-4-6-7;1-2-3-4-5;/h3*2-6H,1H2;5H,2-4H2,1H3;/q3*-1;;+3. The van der Waals surface area contributed by atoms with E-state index >= 15 is 0 Å². The Morgan fingerprint density at radius 1 is 0.593 bits per heavy atom. The first-order valence-corrected chi connectivity index (χ1v) is 8.82. The van der Waals surface area contributed by atoms with Crippen molar-refractivity contribution in [2.45, 2.75) is 19.8 Å². The third kappa shape index (κ3) is 20.3. The topological polar surface area (TPSA) is 20.2 Å². The first-order valence-electron chi connectivity index (χ1n) is 8.82. The van der Waals surface area contributed by atoms with Gasteiger partial charge in [0.15, 0.2) is 0 Å².